The van der Waals surface area contributed by atoms with Crippen molar-refractivity contribution in [2.24, 2.45) is 0 Å². The van der Waals surface area contributed by atoms with E-state index in [0.717, 1.165) is 5.52 Å². The summed E-state index contributed by atoms with van der Waals surface area (Å²) in [6.45, 7) is 3.79. The predicted molar refractivity (Wildman–Crippen MR) is 56.6 cm³/mol. The van der Waals surface area contributed by atoms with E-state index in [1.165, 1.54) is 0 Å². The molecule has 0 radical (unpaired) electrons. The summed E-state index contributed by atoms with van der Waals surface area (Å²) < 4.78 is 1.61. The molecule has 2 aromatic rings. The van der Waals surface area contributed by atoms with Crippen LogP contribution in [-0.4, -0.2) is 30.7 Å². The number of halogens is 1. The molecule has 0 aromatic carbocycles. The van der Waals surface area contributed by atoms with Gasteiger partial charge in [0.1, 0.15) is 10.7 Å². The van der Waals surface area contributed by atoms with E-state index in [2.05, 4.69) is 15.3 Å². The first-order valence-electron chi connectivity index (χ1n) is 4.54. The highest BCUT2D eigenvalue weighted by Gasteiger charge is 2.16. The van der Waals surface area contributed by atoms with Gasteiger partial charge in [0, 0.05) is 0 Å². The van der Waals surface area contributed by atoms with E-state index >= 15 is 0 Å². The van der Waals surface area contributed by atoms with Crippen molar-refractivity contribution in [3.63, 3.8) is 0 Å². The molecule has 2 aromatic heterocycles. The molecule has 0 aliphatic carbocycles. The fourth-order valence-electron chi connectivity index (χ4n) is 1.32. The molecule has 0 saturated heterocycles. The molecule has 0 saturated carbocycles. The van der Waals surface area contributed by atoms with Gasteiger partial charge in [-0.2, -0.15) is 0 Å². The van der Waals surface area contributed by atoms with Gasteiger partial charge in [-0.25, -0.2) is 9.67 Å². The minimum absolute atomic E-state index is 0.368. The maximum absolute atomic E-state index is 9.67. The third-order valence-corrected chi connectivity index (χ3v) is 2.09. The Bertz CT molecular complexity index is 488. The summed E-state index contributed by atoms with van der Waals surface area (Å²) >= 11 is 5.72. The lowest BCUT2D eigenvalue weighted by Gasteiger charge is -2.16. The molecule has 5 nitrogen and oxygen atoms in total. The minimum atomic E-state index is -0.833. The summed E-state index contributed by atoms with van der Waals surface area (Å²) in [4.78, 5) is 4.02. The zero-order valence-electron chi connectivity index (χ0n) is 8.48. The number of aliphatic hydroxyl groups is 1. The Morgan fingerprint density at radius 1 is 1.47 bits per heavy atom. The Hall–Kier alpha value is -1.20. The number of rotatable bonds is 2. The number of aromatic nitrogens is 4. The lowest BCUT2D eigenvalue weighted by Crippen LogP contribution is -2.26. The van der Waals surface area contributed by atoms with Gasteiger partial charge >= 0.3 is 0 Å². The van der Waals surface area contributed by atoms with E-state index in [1.807, 2.05) is 0 Å². The summed E-state index contributed by atoms with van der Waals surface area (Å²) in [5.41, 5.74) is 0.425. The van der Waals surface area contributed by atoms with Crippen molar-refractivity contribution in [1.82, 2.24) is 20.0 Å². The van der Waals surface area contributed by atoms with Crippen LogP contribution >= 0.6 is 11.6 Å². The number of hydrogen-bond donors (Lipinski definition) is 1. The van der Waals surface area contributed by atoms with Gasteiger partial charge in [0.05, 0.1) is 12.1 Å². The Labute approximate surface area is 91.7 Å². The highest BCUT2D eigenvalue weighted by molar-refractivity contribution is 6.29. The first kappa shape index (κ1) is 10.3. The van der Waals surface area contributed by atoms with Crippen LogP contribution in [-0.2, 0) is 6.54 Å². The Morgan fingerprint density at radius 3 is 2.87 bits per heavy atom. The average Bonchev–Trinajstić information content (AvgIpc) is 2.45. The summed E-state index contributed by atoms with van der Waals surface area (Å²) in [7, 11) is 0. The number of pyridine rings is 1. The number of nitrogens with zero attached hydrogens (tertiary/aromatic N) is 4. The predicted octanol–water partition coefficient (Wildman–Crippen LogP) is 1.25. The van der Waals surface area contributed by atoms with Crippen LogP contribution < -0.4 is 0 Å². The SMILES string of the molecule is CC(C)(O)Cn1nnc2nc(Cl)ccc21. The van der Waals surface area contributed by atoms with Gasteiger partial charge in [0.15, 0.2) is 0 Å². The monoisotopic (exact) mass is 226 g/mol. The molecular formula is C9H11ClN4O. The first-order chi connectivity index (χ1) is 6.96. The largest absolute Gasteiger partial charge is 0.389 e. The Morgan fingerprint density at radius 2 is 2.20 bits per heavy atom. The van der Waals surface area contributed by atoms with Crippen molar-refractivity contribution in [2.75, 3.05) is 0 Å². The molecular weight excluding hydrogens is 216 g/mol. The summed E-state index contributed by atoms with van der Waals surface area (Å²) in [5, 5.41) is 17.8. The molecule has 0 bridgehead atoms. The fraction of sp³-hybridized carbons (Fsp3) is 0.444. The van der Waals surface area contributed by atoms with Crippen molar-refractivity contribution < 1.29 is 5.11 Å². The highest BCUT2D eigenvalue weighted by Crippen LogP contribution is 2.15. The standard InChI is InChI=1S/C9H11ClN4O/c1-9(2,15)5-14-6-3-4-7(10)11-8(6)12-13-14/h3-4,15H,5H2,1-2H3. The van der Waals surface area contributed by atoms with E-state index < -0.39 is 5.60 Å². The number of hydrogen-bond acceptors (Lipinski definition) is 4. The van der Waals surface area contributed by atoms with Crippen LogP contribution in [0.5, 0.6) is 0 Å². The molecule has 0 aliphatic heterocycles. The minimum Gasteiger partial charge on any atom is -0.389 e. The molecule has 2 heterocycles. The normalized spacial score (nSPS) is 12.3. The molecule has 1 N–H and O–H groups in total. The van der Waals surface area contributed by atoms with Crippen LogP contribution in [0.25, 0.3) is 11.2 Å². The molecule has 0 fully saturated rings. The maximum Gasteiger partial charge on any atom is 0.203 e. The summed E-state index contributed by atoms with van der Waals surface area (Å²) in [6.07, 6.45) is 0. The van der Waals surface area contributed by atoms with Crippen LogP contribution in [0.3, 0.4) is 0 Å². The average molecular weight is 227 g/mol. The third kappa shape index (κ3) is 2.24. The van der Waals surface area contributed by atoms with Gasteiger partial charge in [0.25, 0.3) is 0 Å². The van der Waals surface area contributed by atoms with Crippen molar-refractivity contribution in [3.8, 4) is 0 Å². The molecule has 0 atom stereocenters. The van der Waals surface area contributed by atoms with Crippen LogP contribution in [0, 0.1) is 0 Å². The maximum atomic E-state index is 9.67. The van der Waals surface area contributed by atoms with Crippen LogP contribution in [0.2, 0.25) is 5.15 Å². The molecule has 0 aliphatic rings. The third-order valence-electron chi connectivity index (χ3n) is 1.88. The second kappa shape index (κ2) is 3.43. The van der Waals surface area contributed by atoms with Crippen molar-refractivity contribution >= 4 is 22.8 Å². The molecule has 0 spiro atoms. The second-order valence-electron chi connectivity index (χ2n) is 4.04. The van der Waals surface area contributed by atoms with Gasteiger partial charge < -0.3 is 5.11 Å². The smallest absolute Gasteiger partial charge is 0.203 e. The zero-order chi connectivity index (χ0) is 11.1. The van der Waals surface area contributed by atoms with E-state index in [1.54, 1.807) is 30.7 Å². The lowest BCUT2D eigenvalue weighted by atomic mass is 10.1. The second-order valence-corrected chi connectivity index (χ2v) is 4.42. The topological polar surface area (TPSA) is 63.8 Å². The molecule has 80 valence electrons. The van der Waals surface area contributed by atoms with E-state index in [0.29, 0.717) is 17.3 Å². The number of fused-ring (bicyclic) bond motifs is 1. The van der Waals surface area contributed by atoms with Gasteiger partial charge in [-0.1, -0.05) is 16.8 Å². The van der Waals surface area contributed by atoms with Gasteiger partial charge in [0.2, 0.25) is 5.65 Å². The van der Waals surface area contributed by atoms with E-state index in [4.69, 9.17) is 11.6 Å². The van der Waals surface area contributed by atoms with Crippen LogP contribution in [0.15, 0.2) is 12.1 Å². The Kier molecular flexibility index (Phi) is 2.36. The highest BCUT2D eigenvalue weighted by atomic mass is 35.5. The molecule has 2 rings (SSSR count). The van der Waals surface area contributed by atoms with Gasteiger partial charge in [-0.15, -0.1) is 5.10 Å². The van der Waals surface area contributed by atoms with Crippen molar-refractivity contribution in [1.29, 1.82) is 0 Å². The van der Waals surface area contributed by atoms with E-state index in [9.17, 15) is 5.11 Å². The quantitative estimate of drug-likeness (QED) is 0.783. The zero-order valence-corrected chi connectivity index (χ0v) is 9.23. The molecule has 6 heteroatoms. The summed E-state index contributed by atoms with van der Waals surface area (Å²) in [6, 6.07) is 3.46. The lowest BCUT2D eigenvalue weighted by molar-refractivity contribution is 0.0585. The molecule has 15 heavy (non-hydrogen) atoms. The Balaban J connectivity index is 2.45. The van der Waals surface area contributed by atoms with Crippen molar-refractivity contribution in [2.45, 2.75) is 26.0 Å². The van der Waals surface area contributed by atoms with Crippen molar-refractivity contribution in [3.05, 3.63) is 17.3 Å². The van der Waals surface area contributed by atoms with Crippen LogP contribution in [0.4, 0.5) is 0 Å². The first-order valence-corrected chi connectivity index (χ1v) is 4.92. The van der Waals surface area contributed by atoms with E-state index in [-0.39, 0.29) is 0 Å². The fourth-order valence-corrected chi connectivity index (χ4v) is 1.46. The van der Waals surface area contributed by atoms with Crippen LogP contribution in [0.1, 0.15) is 13.8 Å². The molecule has 0 amide bonds. The van der Waals surface area contributed by atoms with Gasteiger partial charge in [-0.05, 0) is 26.0 Å². The summed E-state index contributed by atoms with van der Waals surface area (Å²) in [5.74, 6) is 0. The molecule has 0 unspecified atom stereocenters. The van der Waals surface area contributed by atoms with Gasteiger partial charge in [-0.3, -0.25) is 0 Å².